The lowest BCUT2D eigenvalue weighted by Crippen LogP contribution is -2.32. The van der Waals surface area contributed by atoms with E-state index in [-0.39, 0.29) is 28.2 Å². The van der Waals surface area contributed by atoms with Crippen molar-refractivity contribution >= 4 is 27.7 Å². The fourth-order valence-corrected chi connectivity index (χ4v) is 5.57. The Balaban J connectivity index is 1.22. The van der Waals surface area contributed by atoms with Crippen LogP contribution in [0.3, 0.4) is 0 Å². The average Bonchev–Trinajstić information content (AvgIpc) is 3.14. The first-order valence-electron chi connectivity index (χ1n) is 11.1. The first-order valence-corrected chi connectivity index (χ1v) is 12.5. The molecule has 2 aromatic carbocycles. The largest absolute Gasteiger partial charge is 0.496 e. The molecule has 4 rings (SSSR count). The molecule has 8 heteroatoms. The Morgan fingerprint density at radius 3 is 2.41 bits per heavy atom. The van der Waals surface area contributed by atoms with Crippen molar-refractivity contribution in [3.05, 3.63) is 88.4 Å². The zero-order chi connectivity index (χ0) is 24.1. The highest BCUT2D eigenvalue weighted by molar-refractivity contribution is 7.96. The molecular weight excluding hydrogens is 452 g/mol. The number of nitrogens with one attached hydrogen (secondary N) is 2. The monoisotopic (exact) mass is 478 g/mol. The van der Waals surface area contributed by atoms with E-state index in [0.29, 0.717) is 30.5 Å². The van der Waals surface area contributed by atoms with Gasteiger partial charge in [-0.15, -0.1) is 0 Å². The third-order valence-corrected chi connectivity index (χ3v) is 7.67. The minimum absolute atomic E-state index is 0.147. The highest BCUT2D eigenvalue weighted by atomic mass is 32.2. The summed E-state index contributed by atoms with van der Waals surface area (Å²) in [6.07, 6.45) is 8.28. The second-order valence-electron chi connectivity index (χ2n) is 8.02. The molecule has 0 saturated heterocycles. The lowest BCUT2D eigenvalue weighted by molar-refractivity contribution is -0.117. The van der Waals surface area contributed by atoms with Gasteiger partial charge in [-0.1, -0.05) is 54.6 Å². The van der Waals surface area contributed by atoms with Crippen LogP contribution in [-0.4, -0.2) is 40.4 Å². The van der Waals surface area contributed by atoms with E-state index in [1.807, 2.05) is 42.5 Å². The van der Waals surface area contributed by atoms with E-state index < -0.39 is 15.7 Å². The van der Waals surface area contributed by atoms with Gasteiger partial charge in [-0.05, 0) is 36.6 Å². The number of hydrogen-bond acceptors (Lipinski definition) is 5. The Morgan fingerprint density at radius 2 is 1.71 bits per heavy atom. The van der Waals surface area contributed by atoms with Crippen molar-refractivity contribution in [2.75, 3.05) is 20.2 Å². The second-order valence-corrected chi connectivity index (χ2v) is 9.90. The van der Waals surface area contributed by atoms with Gasteiger partial charge in [-0.3, -0.25) is 9.59 Å². The molecule has 34 heavy (non-hydrogen) atoms. The third-order valence-electron chi connectivity index (χ3n) is 5.83. The van der Waals surface area contributed by atoms with Gasteiger partial charge in [-0.25, -0.2) is 8.42 Å². The molecule has 1 unspecified atom stereocenters. The second kappa shape index (κ2) is 10.1. The zero-order valence-corrected chi connectivity index (χ0v) is 19.6. The first-order chi connectivity index (χ1) is 16.4. The van der Waals surface area contributed by atoms with Crippen molar-refractivity contribution in [3.8, 4) is 5.75 Å². The van der Waals surface area contributed by atoms with Crippen molar-refractivity contribution in [2.24, 2.45) is 0 Å². The Bertz CT molecular complexity index is 1310. The van der Waals surface area contributed by atoms with Crippen molar-refractivity contribution in [2.45, 2.75) is 23.7 Å². The normalized spacial score (nSPS) is 17.9. The summed E-state index contributed by atoms with van der Waals surface area (Å²) in [5.41, 5.74) is 2.19. The minimum atomic E-state index is -3.79. The third kappa shape index (κ3) is 4.82. The summed E-state index contributed by atoms with van der Waals surface area (Å²) in [6.45, 7) is 0.597. The molecule has 1 atom stereocenters. The molecule has 7 nitrogen and oxygen atoms in total. The number of methoxy groups -OCH3 is 1. The van der Waals surface area contributed by atoms with Gasteiger partial charge in [0.25, 0.3) is 11.8 Å². The predicted molar refractivity (Wildman–Crippen MR) is 130 cm³/mol. The van der Waals surface area contributed by atoms with E-state index in [4.69, 9.17) is 4.74 Å². The summed E-state index contributed by atoms with van der Waals surface area (Å²) in [5.74, 6) is 0.154. The molecule has 0 saturated carbocycles. The van der Waals surface area contributed by atoms with E-state index in [1.165, 1.54) is 12.1 Å². The van der Waals surface area contributed by atoms with Gasteiger partial charge in [0.15, 0.2) is 0 Å². The number of hydrogen-bond donors (Lipinski definition) is 2. The number of para-hydroxylation sites is 1. The van der Waals surface area contributed by atoms with Gasteiger partial charge in [0.2, 0.25) is 9.84 Å². The number of allylic oxidation sites excluding steroid dienone is 2. The molecule has 0 radical (unpaired) electrons. The van der Waals surface area contributed by atoms with Crippen molar-refractivity contribution in [1.82, 2.24) is 10.6 Å². The number of carbonyl (C=O) groups excluding carboxylic acids is 2. The van der Waals surface area contributed by atoms with Crippen LogP contribution in [0.4, 0.5) is 0 Å². The number of ether oxygens (including phenoxy) is 1. The van der Waals surface area contributed by atoms with Gasteiger partial charge in [0.05, 0.1) is 12.0 Å². The van der Waals surface area contributed by atoms with Crippen LogP contribution >= 0.6 is 0 Å². The number of benzene rings is 2. The molecule has 176 valence electrons. The maximum absolute atomic E-state index is 12.5. The number of amides is 2. The lowest BCUT2D eigenvalue weighted by atomic mass is 9.89. The van der Waals surface area contributed by atoms with Gasteiger partial charge in [0.1, 0.15) is 10.7 Å². The molecular formula is C26H26N2O5S. The molecule has 2 N–H and O–H groups in total. The van der Waals surface area contributed by atoms with Gasteiger partial charge in [-0.2, -0.15) is 0 Å². The van der Waals surface area contributed by atoms with E-state index in [1.54, 1.807) is 25.3 Å². The van der Waals surface area contributed by atoms with Gasteiger partial charge in [0, 0.05) is 30.1 Å². The number of fused-ring (bicyclic) bond motifs is 1. The van der Waals surface area contributed by atoms with Crippen LogP contribution in [-0.2, 0) is 19.4 Å². The van der Waals surface area contributed by atoms with Crippen molar-refractivity contribution in [3.63, 3.8) is 0 Å². The standard InChI is InChI=1S/C26H26N2O5S/c1-33-22-9-4-3-8-21(22)18-11-13-19(14-12-18)25(29)27-15-6-16-28-26(30)24-17-20-7-2-5-10-23(20)34(24,31)32/h2-5,7-11,13-14,17-18H,6,12,15-16H2,1H3,(H,27,29)(H,28,30). The highest BCUT2D eigenvalue weighted by Gasteiger charge is 2.33. The summed E-state index contributed by atoms with van der Waals surface area (Å²) in [5, 5.41) is 5.46. The molecule has 0 bridgehead atoms. The van der Waals surface area contributed by atoms with Crippen LogP contribution in [0.15, 0.2) is 82.1 Å². The predicted octanol–water partition coefficient (Wildman–Crippen LogP) is 3.12. The average molecular weight is 479 g/mol. The lowest BCUT2D eigenvalue weighted by Gasteiger charge is -2.19. The zero-order valence-electron chi connectivity index (χ0n) is 18.8. The number of sulfone groups is 1. The van der Waals surface area contributed by atoms with Gasteiger partial charge < -0.3 is 15.4 Å². The van der Waals surface area contributed by atoms with E-state index in [0.717, 1.165) is 11.3 Å². The summed E-state index contributed by atoms with van der Waals surface area (Å²) >= 11 is 0. The Kier molecular flexibility index (Phi) is 6.98. The Morgan fingerprint density at radius 1 is 1.00 bits per heavy atom. The van der Waals surface area contributed by atoms with Crippen LogP contribution in [0.25, 0.3) is 6.08 Å². The van der Waals surface area contributed by atoms with E-state index in [9.17, 15) is 18.0 Å². The van der Waals surface area contributed by atoms with Crippen LogP contribution in [0.5, 0.6) is 5.75 Å². The van der Waals surface area contributed by atoms with Crippen molar-refractivity contribution in [1.29, 1.82) is 0 Å². The molecule has 0 spiro atoms. The SMILES string of the molecule is COc1ccccc1C1C=CC(C(=O)NCCCNC(=O)C2=Cc3ccccc3S2(=O)=O)=CC1. The molecule has 0 aromatic heterocycles. The topological polar surface area (TPSA) is 102 Å². The van der Waals surface area contributed by atoms with Crippen LogP contribution in [0, 0.1) is 0 Å². The van der Waals surface area contributed by atoms with E-state index in [2.05, 4.69) is 10.6 Å². The number of rotatable bonds is 8. The quantitative estimate of drug-likeness (QED) is 0.568. The fourth-order valence-electron chi connectivity index (χ4n) is 4.04. The van der Waals surface area contributed by atoms with Crippen LogP contribution in [0.1, 0.15) is 29.9 Å². The summed E-state index contributed by atoms with van der Waals surface area (Å²) in [6, 6.07) is 14.3. The molecule has 2 aromatic rings. The molecule has 0 fully saturated rings. The van der Waals surface area contributed by atoms with Crippen LogP contribution < -0.4 is 15.4 Å². The Labute approximate surface area is 199 Å². The van der Waals surface area contributed by atoms with E-state index >= 15 is 0 Å². The highest BCUT2D eigenvalue weighted by Crippen LogP contribution is 2.33. The summed E-state index contributed by atoms with van der Waals surface area (Å²) in [7, 11) is -2.15. The molecule has 2 aliphatic rings. The summed E-state index contributed by atoms with van der Waals surface area (Å²) < 4.78 is 30.5. The van der Waals surface area contributed by atoms with Gasteiger partial charge >= 0.3 is 0 Å². The fraction of sp³-hybridized carbons (Fsp3) is 0.231. The number of carbonyl (C=O) groups is 2. The maximum Gasteiger partial charge on any atom is 0.263 e. The molecule has 1 aliphatic heterocycles. The Hall–Kier alpha value is -3.65. The van der Waals surface area contributed by atoms with Crippen molar-refractivity contribution < 1.29 is 22.7 Å². The first kappa shape index (κ1) is 23.5. The molecule has 2 amide bonds. The molecule has 1 heterocycles. The molecule has 1 aliphatic carbocycles. The summed E-state index contributed by atoms with van der Waals surface area (Å²) in [4.78, 5) is 24.7. The maximum atomic E-state index is 12.5. The smallest absolute Gasteiger partial charge is 0.263 e. The van der Waals surface area contributed by atoms with Crippen LogP contribution in [0.2, 0.25) is 0 Å². The minimum Gasteiger partial charge on any atom is -0.496 e.